The van der Waals surface area contributed by atoms with E-state index in [1.807, 2.05) is 43.3 Å². The number of carbonyl (C=O) groups is 1. The standard InChI is InChI=1S/C22H28ClN3O/c1-16(2)18-8-4-6-10-20(18)24-22(27)17(3)25-12-14-26(15-13-25)21-11-7-5-9-19(21)23/h4-11,16-17H,12-15H2,1-3H3,(H,24,27). The van der Waals surface area contributed by atoms with Crippen LogP contribution in [0.4, 0.5) is 11.4 Å². The molecule has 1 amide bonds. The van der Waals surface area contributed by atoms with Gasteiger partial charge in [-0.25, -0.2) is 0 Å². The van der Waals surface area contributed by atoms with Gasteiger partial charge >= 0.3 is 0 Å². The van der Waals surface area contributed by atoms with Gasteiger partial charge in [-0.2, -0.15) is 0 Å². The quantitative estimate of drug-likeness (QED) is 0.816. The second-order valence-corrected chi connectivity index (χ2v) is 7.79. The molecule has 0 radical (unpaired) electrons. The van der Waals surface area contributed by atoms with Gasteiger partial charge < -0.3 is 10.2 Å². The third-order valence-corrected chi connectivity index (χ3v) is 5.59. The van der Waals surface area contributed by atoms with Crippen LogP contribution in [0, 0.1) is 0 Å². The predicted molar refractivity (Wildman–Crippen MR) is 114 cm³/mol. The molecular formula is C22H28ClN3O. The van der Waals surface area contributed by atoms with Crippen LogP contribution >= 0.6 is 11.6 Å². The molecule has 1 aliphatic rings. The fraction of sp³-hybridized carbons (Fsp3) is 0.409. The summed E-state index contributed by atoms with van der Waals surface area (Å²) in [6.45, 7) is 9.67. The van der Waals surface area contributed by atoms with Gasteiger partial charge in [-0.1, -0.05) is 55.8 Å². The summed E-state index contributed by atoms with van der Waals surface area (Å²) in [5.41, 5.74) is 3.16. The average Bonchev–Trinajstić information content (AvgIpc) is 2.68. The van der Waals surface area contributed by atoms with Crippen LogP contribution in [0.5, 0.6) is 0 Å². The monoisotopic (exact) mass is 385 g/mol. The van der Waals surface area contributed by atoms with Crippen molar-refractivity contribution in [1.82, 2.24) is 4.90 Å². The highest BCUT2D eigenvalue weighted by molar-refractivity contribution is 6.33. The van der Waals surface area contributed by atoms with Crippen LogP contribution in [0.1, 0.15) is 32.3 Å². The van der Waals surface area contributed by atoms with E-state index in [1.54, 1.807) is 0 Å². The Morgan fingerprint density at radius 2 is 1.59 bits per heavy atom. The summed E-state index contributed by atoms with van der Waals surface area (Å²) >= 11 is 6.32. The zero-order valence-electron chi connectivity index (χ0n) is 16.3. The van der Waals surface area contributed by atoms with E-state index in [0.717, 1.165) is 42.6 Å². The number of hydrogen-bond donors (Lipinski definition) is 1. The SMILES string of the molecule is CC(C)c1ccccc1NC(=O)C(C)N1CCN(c2ccccc2Cl)CC1. The number of nitrogens with zero attached hydrogens (tertiary/aromatic N) is 2. The molecule has 1 N–H and O–H groups in total. The van der Waals surface area contributed by atoms with Gasteiger partial charge in [-0.15, -0.1) is 0 Å². The number of carbonyl (C=O) groups excluding carboxylic acids is 1. The van der Waals surface area contributed by atoms with Crippen LogP contribution in [0.3, 0.4) is 0 Å². The first kappa shape index (κ1) is 19.7. The Morgan fingerprint density at radius 1 is 0.963 bits per heavy atom. The number of rotatable bonds is 5. The van der Waals surface area contributed by atoms with Gasteiger partial charge in [0.1, 0.15) is 0 Å². The summed E-state index contributed by atoms with van der Waals surface area (Å²) in [5, 5.41) is 3.91. The summed E-state index contributed by atoms with van der Waals surface area (Å²) < 4.78 is 0. The topological polar surface area (TPSA) is 35.6 Å². The zero-order valence-corrected chi connectivity index (χ0v) is 17.0. The molecule has 0 saturated carbocycles. The molecule has 0 bridgehead atoms. The van der Waals surface area contributed by atoms with Crippen molar-refractivity contribution in [3.63, 3.8) is 0 Å². The number of amides is 1. The lowest BCUT2D eigenvalue weighted by Crippen LogP contribution is -2.53. The van der Waals surface area contributed by atoms with Crippen LogP contribution < -0.4 is 10.2 Å². The third kappa shape index (κ3) is 4.63. The first-order chi connectivity index (χ1) is 13.0. The van der Waals surface area contributed by atoms with Crippen molar-refractivity contribution in [2.75, 3.05) is 36.4 Å². The van der Waals surface area contributed by atoms with E-state index in [-0.39, 0.29) is 11.9 Å². The van der Waals surface area contributed by atoms with E-state index in [4.69, 9.17) is 11.6 Å². The van der Waals surface area contributed by atoms with E-state index in [0.29, 0.717) is 5.92 Å². The first-order valence-electron chi connectivity index (χ1n) is 9.60. The maximum atomic E-state index is 12.8. The molecule has 0 spiro atoms. The smallest absolute Gasteiger partial charge is 0.241 e. The molecule has 2 aromatic carbocycles. The van der Waals surface area contributed by atoms with Crippen molar-refractivity contribution < 1.29 is 4.79 Å². The van der Waals surface area contributed by atoms with Crippen LogP contribution in [0.2, 0.25) is 5.02 Å². The number of hydrogen-bond acceptors (Lipinski definition) is 3. The molecule has 27 heavy (non-hydrogen) atoms. The van der Waals surface area contributed by atoms with Crippen molar-refractivity contribution in [2.24, 2.45) is 0 Å². The molecule has 0 aromatic heterocycles. The molecule has 1 fully saturated rings. The lowest BCUT2D eigenvalue weighted by molar-refractivity contribution is -0.120. The summed E-state index contributed by atoms with van der Waals surface area (Å²) in [7, 11) is 0. The largest absolute Gasteiger partial charge is 0.368 e. The normalized spacial score (nSPS) is 16.4. The minimum Gasteiger partial charge on any atom is -0.368 e. The van der Waals surface area contributed by atoms with Crippen LogP contribution in [0.15, 0.2) is 48.5 Å². The molecule has 5 heteroatoms. The molecule has 1 atom stereocenters. The summed E-state index contributed by atoms with van der Waals surface area (Å²) in [6, 6.07) is 15.8. The lowest BCUT2D eigenvalue weighted by atomic mass is 10.0. The van der Waals surface area contributed by atoms with E-state index >= 15 is 0 Å². The summed E-state index contributed by atoms with van der Waals surface area (Å²) in [5.74, 6) is 0.422. The Morgan fingerprint density at radius 3 is 2.26 bits per heavy atom. The minimum atomic E-state index is -0.168. The van der Waals surface area contributed by atoms with Crippen LogP contribution in [-0.4, -0.2) is 43.0 Å². The van der Waals surface area contributed by atoms with Gasteiger partial charge in [-0.05, 0) is 36.6 Å². The van der Waals surface area contributed by atoms with Crippen molar-refractivity contribution in [1.29, 1.82) is 0 Å². The fourth-order valence-corrected chi connectivity index (χ4v) is 3.83. The number of halogens is 1. The summed E-state index contributed by atoms with van der Waals surface area (Å²) in [4.78, 5) is 17.3. The lowest BCUT2D eigenvalue weighted by Gasteiger charge is -2.38. The van der Waals surface area contributed by atoms with Crippen molar-refractivity contribution >= 4 is 28.9 Å². The number of piperazine rings is 1. The number of benzene rings is 2. The number of anilines is 2. The molecular weight excluding hydrogens is 358 g/mol. The van der Waals surface area contributed by atoms with Gasteiger partial charge in [-0.3, -0.25) is 9.69 Å². The highest BCUT2D eigenvalue weighted by atomic mass is 35.5. The highest BCUT2D eigenvalue weighted by Crippen LogP contribution is 2.27. The average molecular weight is 386 g/mol. The second-order valence-electron chi connectivity index (χ2n) is 7.38. The van der Waals surface area contributed by atoms with Gasteiger partial charge in [0.2, 0.25) is 5.91 Å². The Kier molecular flexibility index (Phi) is 6.40. The Balaban J connectivity index is 1.60. The van der Waals surface area contributed by atoms with E-state index in [2.05, 4.69) is 41.1 Å². The van der Waals surface area contributed by atoms with Gasteiger partial charge in [0.15, 0.2) is 0 Å². The second kappa shape index (κ2) is 8.77. The van der Waals surface area contributed by atoms with Gasteiger partial charge in [0.05, 0.1) is 16.8 Å². The Bertz CT molecular complexity index is 785. The number of para-hydroxylation sites is 2. The molecule has 1 unspecified atom stereocenters. The van der Waals surface area contributed by atoms with Crippen molar-refractivity contribution in [2.45, 2.75) is 32.7 Å². The molecule has 0 aliphatic carbocycles. The molecule has 3 rings (SSSR count). The number of nitrogens with one attached hydrogen (secondary N) is 1. The molecule has 1 heterocycles. The van der Waals surface area contributed by atoms with E-state index in [9.17, 15) is 4.79 Å². The van der Waals surface area contributed by atoms with Crippen LogP contribution in [-0.2, 0) is 4.79 Å². The van der Waals surface area contributed by atoms with Crippen molar-refractivity contribution in [3.8, 4) is 0 Å². The zero-order chi connectivity index (χ0) is 19.4. The predicted octanol–water partition coefficient (Wildman–Crippen LogP) is 4.61. The Hall–Kier alpha value is -2.04. The molecule has 2 aromatic rings. The maximum Gasteiger partial charge on any atom is 0.241 e. The first-order valence-corrected chi connectivity index (χ1v) is 9.98. The van der Waals surface area contributed by atoms with E-state index < -0.39 is 0 Å². The molecule has 1 aliphatic heterocycles. The van der Waals surface area contributed by atoms with Gasteiger partial charge in [0.25, 0.3) is 0 Å². The maximum absolute atomic E-state index is 12.8. The summed E-state index contributed by atoms with van der Waals surface area (Å²) in [6.07, 6.45) is 0. The van der Waals surface area contributed by atoms with Crippen molar-refractivity contribution in [3.05, 3.63) is 59.1 Å². The highest BCUT2D eigenvalue weighted by Gasteiger charge is 2.26. The Labute approximate surface area is 167 Å². The fourth-order valence-electron chi connectivity index (χ4n) is 3.58. The third-order valence-electron chi connectivity index (χ3n) is 5.28. The minimum absolute atomic E-state index is 0.0503. The molecule has 4 nitrogen and oxygen atoms in total. The van der Waals surface area contributed by atoms with Gasteiger partial charge in [0, 0.05) is 31.9 Å². The molecule has 1 saturated heterocycles. The van der Waals surface area contributed by atoms with Crippen LogP contribution in [0.25, 0.3) is 0 Å². The van der Waals surface area contributed by atoms with E-state index in [1.165, 1.54) is 5.56 Å². The molecule has 144 valence electrons.